The predicted octanol–water partition coefficient (Wildman–Crippen LogP) is 3.43. The van der Waals surface area contributed by atoms with E-state index >= 15 is 4.39 Å². The molecule has 0 saturated carbocycles. The number of aryl methyl sites for hydroxylation is 3. The highest BCUT2D eigenvalue weighted by Gasteiger charge is 2.31. The molecule has 10 nitrogen and oxygen atoms in total. The summed E-state index contributed by atoms with van der Waals surface area (Å²) >= 11 is 0. The van der Waals surface area contributed by atoms with Gasteiger partial charge in [-0.15, -0.1) is 0 Å². The highest BCUT2D eigenvalue weighted by atomic mass is 19.1. The number of rotatable bonds is 9. The Hall–Kier alpha value is -4.80. The number of pyridine rings is 2. The number of nitrogens with two attached hydrogens (primary N) is 1. The average molecular weight is 558 g/mol. The van der Waals surface area contributed by atoms with Crippen LogP contribution in [0.15, 0.2) is 59.7 Å². The lowest BCUT2D eigenvalue weighted by Crippen LogP contribution is -2.36. The van der Waals surface area contributed by atoms with Crippen molar-refractivity contribution in [1.82, 2.24) is 24.8 Å². The van der Waals surface area contributed by atoms with Gasteiger partial charge in [-0.1, -0.05) is 18.2 Å². The number of hydrogen-bond donors (Lipinski definition) is 3. The fourth-order valence-electron chi connectivity index (χ4n) is 5.08. The van der Waals surface area contributed by atoms with Crippen molar-refractivity contribution in [2.75, 3.05) is 24.7 Å². The Morgan fingerprint density at radius 2 is 2.00 bits per heavy atom. The van der Waals surface area contributed by atoms with Crippen LogP contribution in [0.2, 0.25) is 0 Å². The van der Waals surface area contributed by atoms with Gasteiger partial charge in [0.2, 0.25) is 5.91 Å². The number of benzene rings is 1. The molecule has 1 aromatic carbocycles. The van der Waals surface area contributed by atoms with Crippen LogP contribution in [-0.4, -0.2) is 39.1 Å². The van der Waals surface area contributed by atoms with E-state index in [1.165, 1.54) is 17.7 Å². The minimum Gasteiger partial charge on any atom is -0.497 e. The summed E-state index contributed by atoms with van der Waals surface area (Å²) in [5, 5.41) is 6.03. The van der Waals surface area contributed by atoms with Gasteiger partial charge >= 0.3 is 0 Å². The van der Waals surface area contributed by atoms with Crippen molar-refractivity contribution in [2.45, 2.75) is 45.2 Å². The molecule has 5 rings (SSSR count). The summed E-state index contributed by atoms with van der Waals surface area (Å²) in [6.45, 7) is 4.18. The SMILES string of the molecule is COc1ccc([C@H](CNc2ncc3n(c2=O)[C@H](C(=O)NCc2ccc(N)nc2C)CC3)c2ccc(C)cn2)c(F)c1. The number of fused-ring (bicyclic) bond motifs is 1. The summed E-state index contributed by atoms with van der Waals surface area (Å²) < 4.78 is 21.8. The molecular weight excluding hydrogens is 525 g/mol. The van der Waals surface area contributed by atoms with Gasteiger partial charge in [-0.2, -0.15) is 0 Å². The van der Waals surface area contributed by atoms with Crippen LogP contribution in [0.25, 0.3) is 0 Å². The second-order valence-electron chi connectivity index (χ2n) is 10.1. The van der Waals surface area contributed by atoms with Gasteiger partial charge in [0.15, 0.2) is 5.82 Å². The molecule has 0 bridgehead atoms. The molecule has 212 valence electrons. The number of ether oxygens (including phenoxy) is 1. The molecule has 2 atom stereocenters. The minimum atomic E-state index is -0.670. The van der Waals surface area contributed by atoms with E-state index in [1.54, 1.807) is 30.6 Å². The third kappa shape index (κ3) is 5.88. The lowest BCUT2D eigenvalue weighted by atomic mass is 9.94. The number of halogens is 1. The first-order valence-electron chi connectivity index (χ1n) is 13.3. The summed E-state index contributed by atoms with van der Waals surface area (Å²) in [5.41, 5.74) is 9.59. The Morgan fingerprint density at radius 1 is 1.17 bits per heavy atom. The first kappa shape index (κ1) is 27.8. The van der Waals surface area contributed by atoms with Crippen molar-refractivity contribution in [1.29, 1.82) is 0 Å². The van der Waals surface area contributed by atoms with Gasteiger partial charge < -0.3 is 21.1 Å². The zero-order chi connectivity index (χ0) is 29.1. The number of carbonyl (C=O) groups excluding carboxylic acids is 1. The van der Waals surface area contributed by atoms with Crippen LogP contribution in [-0.2, 0) is 17.8 Å². The lowest BCUT2D eigenvalue weighted by Gasteiger charge is -2.20. The Balaban J connectivity index is 1.37. The number of anilines is 2. The summed E-state index contributed by atoms with van der Waals surface area (Å²) in [7, 11) is 1.48. The fourth-order valence-corrected chi connectivity index (χ4v) is 5.08. The van der Waals surface area contributed by atoms with Crippen LogP contribution in [0, 0.1) is 19.7 Å². The van der Waals surface area contributed by atoms with Crippen LogP contribution in [0.5, 0.6) is 5.75 Å². The zero-order valence-electron chi connectivity index (χ0n) is 23.1. The maximum Gasteiger partial charge on any atom is 0.294 e. The molecule has 1 aliphatic rings. The van der Waals surface area contributed by atoms with E-state index in [0.717, 1.165) is 16.8 Å². The van der Waals surface area contributed by atoms with E-state index < -0.39 is 23.3 Å². The number of hydrogen-bond acceptors (Lipinski definition) is 8. The lowest BCUT2D eigenvalue weighted by molar-refractivity contribution is -0.124. The van der Waals surface area contributed by atoms with Crippen molar-refractivity contribution in [3.63, 3.8) is 0 Å². The summed E-state index contributed by atoms with van der Waals surface area (Å²) in [4.78, 5) is 39.8. The van der Waals surface area contributed by atoms with Gasteiger partial charge in [0.1, 0.15) is 23.4 Å². The molecule has 4 heterocycles. The second-order valence-corrected chi connectivity index (χ2v) is 10.1. The molecule has 4 N–H and O–H groups in total. The normalized spacial score (nSPS) is 14.8. The summed E-state index contributed by atoms with van der Waals surface area (Å²) in [6.07, 6.45) is 4.36. The maximum atomic E-state index is 15.1. The number of methoxy groups -OCH3 is 1. The van der Waals surface area contributed by atoms with Crippen molar-refractivity contribution in [2.24, 2.45) is 0 Å². The quantitative estimate of drug-likeness (QED) is 0.285. The Morgan fingerprint density at radius 3 is 2.71 bits per heavy atom. The minimum absolute atomic E-state index is 0.0815. The first-order valence-corrected chi connectivity index (χ1v) is 13.3. The number of amides is 1. The topological polar surface area (TPSA) is 137 Å². The standard InChI is InChI=1S/C30H32FN7O3/c1-17-4-9-25(33-13-17)23(22-8-7-21(41-3)12-24(22)31)16-35-28-30(40)38-20(15-34-28)6-10-26(38)29(39)36-14-19-5-11-27(32)37-18(19)2/h4-5,7-9,11-13,15,23,26H,6,10,14,16H2,1-3H3,(H2,32,37)(H,34,35)(H,36,39)/t23-,26-/m0/s1. The van der Waals surface area contributed by atoms with Crippen LogP contribution < -0.4 is 26.7 Å². The number of carbonyl (C=O) groups is 1. The highest BCUT2D eigenvalue weighted by molar-refractivity contribution is 5.81. The second kappa shape index (κ2) is 11.7. The van der Waals surface area contributed by atoms with E-state index in [-0.39, 0.29) is 24.8 Å². The van der Waals surface area contributed by atoms with Gasteiger partial charge in [-0.05, 0) is 61.6 Å². The van der Waals surface area contributed by atoms with Gasteiger partial charge in [0.25, 0.3) is 5.56 Å². The van der Waals surface area contributed by atoms with E-state index in [9.17, 15) is 9.59 Å². The molecule has 1 amide bonds. The molecular formula is C30H32FN7O3. The number of nitrogens with one attached hydrogen (secondary N) is 2. The zero-order valence-corrected chi connectivity index (χ0v) is 23.1. The summed E-state index contributed by atoms with van der Waals surface area (Å²) in [5.74, 6) is -0.325. The summed E-state index contributed by atoms with van der Waals surface area (Å²) in [6, 6.07) is 11.3. The van der Waals surface area contributed by atoms with E-state index in [0.29, 0.717) is 41.4 Å². The monoisotopic (exact) mass is 557 g/mol. The molecule has 0 fully saturated rings. The van der Waals surface area contributed by atoms with Crippen molar-refractivity contribution in [3.8, 4) is 5.75 Å². The molecule has 0 unspecified atom stereocenters. The van der Waals surface area contributed by atoms with Gasteiger partial charge in [0.05, 0.1) is 7.11 Å². The third-order valence-corrected chi connectivity index (χ3v) is 7.38. The maximum absolute atomic E-state index is 15.1. The van der Waals surface area contributed by atoms with Crippen LogP contribution >= 0.6 is 0 Å². The molecule has 0 radical (unpaired) electrons. The number of nitrogens with zero attached hydrogens (tertiary/aromatic N) is 4. The molecule has 0 spiro atoms. The predicted molar refractivity (Wildman–Crippen MR) is 153 cm³/mol. The van der Waals surface area contributed by atoms with Crippen molar-refractivity contribution in [3.05, 3.63) is 105 Å². The molecule has 11 heteroatoms. The molecule has 0 saturated heterocycles. The first-order chi connectivity index (χ1) is 19.7. The van der Waals surface area contributed by atoms with Gasteiger partial charge in [0, 0.05) is 54.5 Å². The largest absolute Gasteiger partial charge is 0.497 e. The molecule has 3 aromatic heterocycles. The molecule has 4 aromatic rings. The van der Waals surface area contributed by atoms with Crippen molar-refractivity contribution >= 4 is 17.5 Å². The fraction of sp³-hybridized carbons (Fsp3) is 0.300. The average Bonchev–Trinajstić information content (AvgIpc) is 3.40. The third-order valence-electron chi connectivity index (χ3n) is 7.38. The molecule has 0 aliphatic carbocycles. The Labute approximate surface area is 236 Å². The van der Waals surface area contributed by atoms with E-state index in [2.05, 4.69) is 25.6 Å². The van der Waals surface area contributed by atoms with E-state index in [4.69, 9.17) is 10.5 Å². The molecule has 41 heavy (non-hydrogen) atoms. The van der Waals surface area contributed by atoms with Crippen LogP contribution in [0.3, 0.4) is 0 Å². The smallest absolute Gasteiger partial charge is 0.294 e. The van der Waals surface area contributed by atoms with Gasteiger partial charge in [-0.25, -0.2) is 14.4 Å². The number of nitrogen functional groups attached to an aromatic ring is 1. The van der Waals surface area contributed by atoms with E-state index in [1.807, 2.05) is 32.0 Å². The van der Waals surface area contributed by atoms with Crippen LogP contribution in [0.4, 0.5) is 16.0 Å². The number of aromatic nitrogens is 4. The van der Waals surface area contributed by atoms with Gasteiger partial charge in [-0.3, -0.25) is 19.1 Å². The Kier molecular flexibility index (Phi) is 7.95. The molecule has 1 aliphatic heterocycles. The Bertz CT molecular complexity index is 1640. The highest BCUT2D eigenvalue weighted by Crippen LogP contribution is 2.29. The van der Waals surface area contributed by atoms with Crippen LogP contribution in [0.1, 0.15) is 52.2 Å². The van der Waals surface area contributed by atoms with Crippen molar-refractivity contribution < 1.29 is 13.9 Å².